The number of carboxylic acids is 1. The first-order valence-corrected chi connectivity index (χ1v) is 7.26. The molecule has 6 heteroatoms. The normalized spacial score (nSPS) is 12.0. The van der Waals surface area contributed by atoms with Crippen molar-refractivity contribution in [1.29, 1.82) is 0 Å². The van der Waals surface area contributed by atoms with Crippen molar-refractivity contribution in [2.24, 2.45) is 5.92 Å². The van der Waals surface area contributed by atoms with Gasteiger partial charge in [-0.15, -0.1) is 0 Å². The van der Waals surface area contributed by atoms with Gasteiger partial charge >= 0.3 is 5.97 Å². The Kier molecular flexibility index (Phi) is 7.99. The molecule has 0 fully saturated rings. The fourth-order valence-corrected chi connectivity index (χ4v) is 1.83. The van der Waals surface area contributed by atoms with E-state index in [0.717, 1.165) is 5.75 Å². The van der Waals surface area contributed by atoms with Crippen LogP contribution in [0, 0.1) is 5.92 Å². The maximum atomic E-state index is 11.6. The van der Waals surface area contributed by atoms with Crippen molar-refractivity contribution in [3.05, 3.63) is 30.3 Å². The van der Waals surface area contributed by atoms with Gasteiger partial charge in [-0.05, 0) is 24.5 Å². The highest BCUT2D eigenvalue weighted by atomic mass is 16.5. The molecule has 0 spiro atoms. The number of benzene rings is 1. The zero-order chi connectivity index (χ0) is 16.4. The number of carbonyl (C=O) groups is 2. The smallest absolute Gasteiger partial charge is 0.326 e. The van der Waals surface area contributed by atoms with Crippen LogP contribution in [0.1, 0.15) is 20.3 Å². The fourth-order valence-electron chi connectivity index (χ4n) is 1.83. The van der Waals surface area contributed by atoms with Crippen LogP contribution in [0.2, 0.25) is 0 Å². The monoisotopic (exact) mass is 309 g/mol. The summed E-state index contributed by atoms with van der Waals surface area (Å²) in [6.45, 7) is 4.20. The second kappa shape index (κ2) is 9.78. The number of hydrogen-bond acceptors (Lipinski definition) is 4. The standard InChI is InChI=1S/C16H23NO5/c1-12(2)10-14(16(19)20)17-15(18)11-21-8-9-22-13-6-4-3-5-7-13/h3-7,12,14H,8-11H2,1-2H3,(H,17,18)(H,19,20). The first-order valence-electron chi connectivity index (χ1n) is 7.26. The van der Waals surface area contributed by atoms with Crippen LogP contribution in [0.5, 0.6) is 5.75 Å². The van der Waals surface area contributed by atoms with Crippen molar-refractivity contribution in [2.45, 2.75) is 26.3 Å². The minimum atomic E-state index is -1.03. The Morgan fingerprint density at radius 2 is 1.86 bits per heavy atom. The highest BCUT2D eigenvalue weighted by molar-refractivity contribution is 5.84. The van der Waals surface area contributed by atoms with Crippen LogP contribution < -0.4 is 10.1 Å². The van der Waals surface area contributed by atoms with Crippen LogP contribution >= 0.6 is 0 Å². The number of para-hydroxylation sites is 1. The van der Waals surface area contributed by atoms with Crippen molar-refractivity contribution >= 4 is 11.9 Å². The van der Waals surface area contributed by atoms with E-state index in [1.165, 1.54) is 0 Å². The van der Waals surface area contributed by atoms with Gasteiger partial charge in [-0.3, -0.25) is 4.79 Å². The molecule has 0 heterocycles. The number of nitrogens with one attached hydrogen (secondary N) is 1. The number of carboxylic acid groups (broad SMARTS) is 1. The van der Waals surface area contributed by atoms with Crippen molar-refractivity contribution in [3.63, 3.8) is 0 Å². The second-order valence-corrected chi connectivity index (χ2v) is 5.30. The van der Waals surface area contributed by atoms with E-state index in [0.29, 0.717) is 13.0 Å². The Labute approximate surface area is 130 Å². The van der Waals surface area contributed by atoms with Crippen LogP contribution in [-0.4, -0.2) is 42.8 Å². The van der Waals surface area contributed by atoms with Gasteiger partial charge < -0.3 is 19.9 Å². The summed E-state index contributed by atoms with van der Waals surface area (Å²) in [5.41, 5.74) is 0. The topological polar surface area (TPSA) is 84.9 Å². The number of aliphatic carboxylic acids is 1. The van der Waals surface area contributed by atoms with Gasteiger partial charge in [0, 0.05) is 0 Å². The molecule has 122 valence electrons. The molecule has 1 aromatic carbocycles. The number of rotatable bonds is 10. The van der Waals surface area contributed by atoms with Crippen molar-refractivity contribution in [3.8, 4) is 5.75 Å². The summed E-state index contributed by atoms with van der Waals surface area (Å²) in [6, 6.07) is 8.40. The van der Waals surface area contributed by atoms with E-state index in [4.69, 9.17) is 14.6 Å². The SMILES string of the molecule is CC(C)CC(NC(=O)COCCOc1ccccc1)C(=O)O. The van der Waals surface area contributed by atoms with Gasteiger partial charge in [0.2, 0.25) is 5.91 Å². The van der Waals surface area contributed by atoms with Crippen LogP contribution in [0.3, 0.4) is 0 Å². The van der Waals surface area contributed by atoms with Crippen molar-refractivity contribution in [2.75, 3.05) is 19.8 Å². The summed E-state index contributed by atoms with van der Waals surface area (Å²) in [4.78, 5) is 22.7. The highest BCUT2D eigenvalue weighted by Gasteiger charge is 2.20. The minimum Gasteiger partial charge on any atom is -0.491 e. The summed E-state index contributed by atoms with van der Waals surface area (Å²) in [5.74, 6) is -0.553. The van der Waals surface area contributed by atoms with Gasteiger partial charge in [-0.25, -0.2) is 4.79 Å². The molecule has 0 aliphatic heterocycles. The summed E-state index contributed by atoms with van der Waals surface area (Å²) in [7, 11) is 0. The van der Waals surface area contributed by atoms with Gasteiger partial charge in [-0.1, -0.05) is 32.0 Å². The number of amides is 1. The molecule has 0 radical (unpaired) electrons. The molecule has 1 atom stereocenters. The van der Waals surface area contributed by atoms with E-state index >= 15 is 0 Å². The summed E-state index contributed by atoms with van der Waals surface area (Å²) in [6.07, 6.45) is 0.387. The van der Waals surface area contributed by atoms with Gasteiger partial charge in [0.15, 0.2) is 0 Å². The van der Waals surface area contributed by atoms with Crippen LogP contribution in [0.25, 0.3) is 0 Å². The molecule has 0 aliphatic rings. The average Bonchev–Trinajstić information content (AvgIpc) is 2.46. The third-order valence-electron chi connectivity index (χ3n) is 2.81. The average molecular weight is 309 g/mol. The van der Waals surface area contributed by atoms with E-state index in [9.17, 15) is 9.59 Å². The molecule has 2 N–H and O–H groups in total. The molecule has 1 aromatic rings. The molecular weight excluding hydrogens is 286 g/mol. The largest absolute Gasteiger partial charge is 0.491 e. The summed E-state index contributed by atoms with van der Waals surface area (Å²) >= 11 is 0. The van der Waals surface area contributed by atoms with E-state index < -0.39 is 17.9 Å². The molecule has 6 nitrogen and oxygen atoms in total. The predicted octanol–water partition coefficient (Wildman–Crippen LogP) is 1.70. The number of carbonyl (C=O) groups excluding carboxylic acids is 1. The lowest BCUT2D eigenvalue weighted by molar-refractivity contribution is -0.143. The molecule has 0 aromatic heterocycles. The summed E-state index contributed by atoms with van der Waals surface area (Å²) < 4.78 is 10.6. The zero-order valence-corrected chi connectivity index (χ0v) is 13.0. The predicted molar refractivity (Wildman–Crippen MR) is 81.8 cm³/mol. The van der Waals surface area contributed by atoms with E-state index in [1.54, 1.807) is 0 Å². The Balaban J connectivity index is 2.18. The van der Waals surface area contributed by atoms with Crippen molar-refractivity contribution < 1.29 is 24.2 Å². The molecule has 0 bridgehead atoms. The first-order chi connectivity index (χ1) is 10.5. The van der Waals surface area contributed by atoms with Gasteiger partial charge in [0.1, 0.15) is 25.0 Å². The van der Waals surface area contributed by atoms with E-state index in [2.05, 4.69) is 5.32 Å². The summed E-state index contributed by atoms with van der Waals surface area (Å²) in [5, 5.41) is 11.5. The molecule has 1 unspecified atom stereocenters. The van der Waals surface area contributed by atoms with Crippen LogP contribution in [-0.2, 0) is 14.3 Å². The zero-order valence-electron chi connectivity index (χ0n) is 13.0. The molecular formula is C16H23NO5. The Bertz CT molecular complexity index is 461. The van der Waals surface area contributed by atoms with Gasteiger partial charge in [0.25, 0.3) is 0 Å². The third kappa shape index (κ3) is 7.64. The second-order valence-electron chi connectivity index (χ2n) is 5.30. The van der Waals surface area contributed by atoms with Gasteiger partial charge in [0.05, 0.1) is 6.61 Å². The van der Waals surface area contributed by atoms with E-state index in [1.807, 2.05) is 44.2 Å². The van der Waals surface area contributed by atoms with Crippen LogP contribution in [0.4, 0.5) is 0 Å². The fraction of sp³-hybridized carbons (Fsp3) is 0.500. The lowest BCUT2D eigenvalue weighted by Crippen LogP contribution is -2.43. The molecule has 1 amide bonds. The maximum Gasteiger partial charge on any atom is 0.326 e. The first kappa shape index (κ1) is 18.0. The Morgan fingerprint density at radius 1 is 1.18 bits per heavy atom. The van der Waals surface area contributed by atoms with Crippen molar-refractivity contribution in [1.82, 2.24) is 5.32 Å². The molecule has 0 saturated carbocycles. The lowest BCUT2D eigenvalue weighted by Gasteiger charge is -2.16. The molecule has 1 rings (SSSR count). The molecule has 22 heavy (non-hydrogen) atoms. The lowest BCUT2D eigenvalue weighted by atomic mass is 10.0. The molecule has 0 saturated heterocycles. The Morgan fingerprint density at radius 3 is 2.45 bits per heavy atom. The third-order valence-corrected chi connectivity index (χ3v) is 2.81. The highest BCUT2D eigenvalue weighted by Crippen LogP contribution is 2.07. The van der Waals surface area contributed by atoms with Crippen LogP contribution in [0.15, 0.2) is 30.3 Å². The minimum absolute atomic E-state index is 0.181. The maximum absolute atomic E-state index is 11.6. The molecule has 0 aliphatic carbocycles. The quantitative estimate of drug-likeness (QED) is 0.643. The number of ether oxygens (including phenoxy) is 2. The number of hydrogen-bond donors (Lipinski definition) is 2. The van der Waals surface area contributed by atoms with Gasteiger partial charge in [-0.2, -0.15) is 0 Å². The van der Waals surface area contributed by atoms with E-state index in [-0.39, 0.29) is 19.1 Å². The Hall–Kier alpha value is -2.08.